The Hall–Kier alpha value is -2.42. The van der Waals surface area contributed by atoms with Gasteiger partial charge in [0.05, 0.1) is 23.5 Å². The third-order valence-electron chi connectivity index (χ3n) is 4.84. The Balaban J connectivity index is 1.49. The fraction of sp³-hybridized carbons (Fsp3) is 0.444. The lowest BCUT2D eigenvalue weighted by molar-refractivity contribution is 0.0916. The van der Waals surface area contributed by atoms with Crippen molar-refractivity contribution in [3.8, 4) is 0 Å². The average molecular weight is 358 g/mol. The summed E-state index contributed by atoms with van der Waals surface area (Å²) >= 11 is 0. The van der Waals surface area contributed by atoms with Gasteiger partial charge in [-0.1, -0.05) is 12.1 Å². The van der Waals surface area contributed by atoms with Crippen molar-refractivity contribution in [1.82, 2.24) is 19.2 Å². The molecule has 26 heavy (non-hydrogen) atoms. The minimum absolute atomic E-state index is 0.334. The summed E-state index contributed by atoms with van der Waals surface area (Å²) in [5, 5.41) is 23.3. The maximum Gasteiger partial charge on any atom is 0.419 e. The third kappa shape index (κ3) is 3.18. The number of aliphatic hydroxyl groups excluding tert-OH is 2. The molecule has 2 N–H and O–H groups in total. The molecular weight excluding hydrogens is 336 g/mol. The first-order valence-electron chi connectivity index (χ1n) is 8.82. The molecule has 3 aromatic rings. The number of oxazole rings is 1. The van der Waals surface area contributed by atoms with Gasteiger partial charge in [-0.15, -0.1) is 0 Å². The molecule has 0 spiro atoms. The number of aryl methyl sites for hydroxylation is 1. The molecule has 0 saturated heterocycles. The lowest BCUT2D eigenvalue weighted by atomic mass is 10.2. The van der Waals surface area contributed by atoms with Gasteiger partial charge in [0.2, 0.25) is 0 Å². The quantitative estimate of drug-likeness (QED) is 0.698. The number of hydrogen-bond donors (Lipinski definition) is 2. The van der Waals surface area contributed by atoms with Gasteiger partial charge in [0.25, 0.3) is 0 Å². The van der Waals surface area contributed by atoms with Crippen LogP contribution in [0.5, 0.6) is 0 Å². The topological polar surface area (TPSA) is 96.7 Å². The summed E-state index contributed by atoms with van der Waals surface area (Å²) in [5.74, 6) is -0.334. The number of para-hydroxylation sites is 2. The molecular formula is C18H22N4O4. The van der Waals surface area contributed by atoms with Crippen LogP contribution in [0.15, 0.2) is 39.5 Å². The Bertz CT molecular complexity index is 958. The van der Waals surface area contributed by atoms with Gasteiger partial charge < -0.3 is 14.6 Å². The molecule has 3 heterocycles. The molecule has 1 aromatic carbocycles. The summed E-state index contributed by atoms with van der Waals surface area (Å²) in [6, 6.07) is 9.28. The Kier molecular flexibility index (Phi) is 4.62. The van der Waals surface area contributed by atoms with E-state index in [1.165, 1.54) is 0 Å². The maximum atomic E-state index is 12.1. The highest BCUT2D eigenvalue weighted by Gasteiger charge is 2.20. The summed E-state index contributed by atoms with van der Waals surface area (Å²) in [6.45, 7) is 3.30. The predicted molar refractivity (Wildman–Crippen MR) is 94.6 cm³/mol. The predicted octanol–water partition coefficient (Wildman–Crippen LogP) is 0.723. The van der Waals surface area contributed by atoms with Crippen molar-refractivity contribution in [3.63, 3.8) is 0 Å². The van der Waals surface area contributed by atoms with Crippen LogP contribution in [-0.4, -0.2) is 49.2 Å². The van der Waals surface area contributed by atoms with Crippen LogP contribution in [0.4, 0.5) is 0 Å². The molecule has 138 valence electrons. The Morgan fingerprint density at radius 2 is 2.08 bits per heavy atom. The molecule has 0 bridgehead atoms. The monoisotopic (exact) mass is 358 g/mol. The van der Waals surface area contributed by atoms with E-state index in [4.69, 9.17) is 9.52 Å². The largest absolute Gasteiger partial charge is 0.419 e. The van der Waals surface area contributed by atoms with Crippen LogP contribution in [0.3, 0.4) is 0 Å². The molecule has 1 aliphatic heterocycles. The second kappa shape index (κ2) is 7.06. The van der Waals surface area contributed by atoms with E-state index in [-0.39, 0.29) is 12.4 Å². The molecule has 0 fully saturated rings. The number of benzene rings is 1. The van der Waals surface area contributed by atoms with Crippen molar-refractivity contribution in [3.05, 3.63) is 52.3 Å². The van der Waals surface area contributed by atoms with Crippen molar-refractivity contribution in [2.45, 2.75) is 32.2 Å². The number of rotatable bonds is 5. The zero-order chi connectivity index (χ0) is 18.1. The molecule has 0 saturated carbocycles. The zero-order valence-corrected chi connectivity index (χ0v) is 14.4. The smallest absolute Gasteiger partial charge is 0.408 e. The van der Waals surface area contributed by atoms with E-state index in [0.29, 0.717) is 30.9 Å². The first kappa shape index (κ1) is 17.0. The standard InChI is InChI=1S/C18H22N4O4/c23-12-16(24)14-10-13-11-20(6-3-7-22(13)19-14)8-9-21-15-4-1-2-5-17(15)26-18(21)25/h1-2,4-5,10,16,23-24H,3,6-9,11-12H2/t16-/m1/s1. The maximum absolute atomic E-state index is 12.1. The van der Waals surface area contributed by atoms with E-state index in [2.05, 4.69) is 10.00 Å². The van der Waals surface area contributed by atoms with Crippen molar-refractivity contribution in [2.24, 2.45) is 0 Å². The Labute approximate surface area is 149 Å². The van der Waals surface area contributed by atoms with Gasteiger partial charge in [-0.2, -0.15) is 5.10 Å². The third-order valence-corrected chi connectivity index (χ3v) is 4.84. The molecule has 0 aliphatic carbocycles. The first-order chi connectivity index (χ1) is 12.7. The number of hydrogen-bond acceptors (Lipinski definition) is 6. The van der Waals surface area contributed by atoms with Crippen LogP contribution < -0.4 is 5.76 Å². The van der Waals surface area contributed by atoms with Gasteiger partial charge in [0, 0.05) is 32.7 Å². The second-order valence-electron chi connectivity index (χ2n) is 6.60. The van der Waals surface area contributed by atoms with Crippen molar-refractivity contribution >= 4 is 11.1 Å². The van der Waals surface area contributed by atoms with Crippen molar-refractivity contribution in [2.75, 3.05) is 19.7 Å². The first-order valence-corrected chi connectivity index (χ1v) is 8.82. The molecule has 1 atom stereocenters. The molecule has 0 unspecified atom stereocenters. The van der Waals surface area contributed by atoms with Gasteiger partial charge in [0.1, 0.15) is 6.10 Å². The molecule has 4 rings (SSSR count). The minimum atomic E-state index is -0.946. The Morgan fingerprint density at radius 1 is 1.23 bits per heavy atom. The summed E-state index contributed by atoms with van der Waals surface area (Å²) in [7, 11) is 0. The van der Waals surface area contributed by atoms with Crippen LogP contribution in [0.1, 0.15) is 23.9 Å². The number of aromatic nitrogens is 3. The lowest BCUT2D eigenvalue weighted by Crippen LogP contribution is -2.29. The van der Waals surface area contributed by atoms with E-state index < -0.39 is 6.10 Å². The molecule has 0 radical (unpaired) electrons. The van der Waals surface area contributed by atoms with Crippen LogP contribution in [-0.2, 0) is 19.6 Å². The van der Waals surface area contributed by atoms with Crippen molar-refractivity contribution in [1.29, 1.82) is 0 Å². The highest BCUT2D eigenvalue weighted by atomic mass is 16.4. The zero-order valence-electron chi connectivity index (χ0n) is 14.4. The van der Waals surface area contributed by atoms with Gasteiger partial charge in [0.15, 0.2) is 5.58 Å². The number of fused-ring (bicyclic) bond motifs is 2. The summed E-state index contributed by atoms with van der Waals surface area (Å²) < 4.78 is 8.85. The van der Waals surface area contributed by atoms with E-state index in [0.717, 1.165) is 30.7 Å². The van der Waals surface area contributed by atoms with Crippen LogP contribution >= 0.6 is 0 Å². The van der Waals surface area contributed by atoms with Crippen LogP contribution in [0.2, 0.25) is 0 Å². The summed E-state index contributed by atoms with van der Waals surface area (Å²) in [4.78, 5) is 14.4. The molecule has 8 heteroatoms. The van der Waals surface area contributed by atoms with Crippen LogP contribution in [0.25, 0.3) is 11.1 Å². The Morgan fingerprint density at radius 3 is 2.92 bits per heavy atom. The molecule has 1 aliphatic rings. The van der Waals surface area contributed by atoms with E-state index >= 15 is 0 Å². The van der Waals surface area contributed by atoms with E-state index in [1.807, 2.05) is 28.9 Å². The van der Waals surface area contributed by atoms with E-state index in [9.17, 15) is 9.90 Å². The highest BCUT2D eigenvalue weighted by molar-refractivity contribution is 5.72. The molecule has 8 nitrogen and oxygen atoms in total. The van der Waals surface area contributed by atoms with Crippen LogP contribution in [0, 0.1) is 0 Å². The lowest BCUT2D eigenvalue weighted by Gasteiger charge is -2.19. The van der Waals surface area contributed by atoms with Gasteiger partial charge in [-0.3, -0.25) is 14.1 Å². The highest BCUT2D eigenvalue weighted by Crippen LogP contribution is 2.18. The van der Waals surface area contributed by atoms with Gasteiger partial charge in [-0.25, -0.2) is 4.79 Å². The van der Waals surface area contributed by atoms with Crippen molar-refractivity contribution < 1.29 is 14.6 Å². The molecule has 0 amide bonds. The summed E-state index contributed by atoms with van der Waals surface area (Å²) in [5.41, 5.74) is 2.93. The average Bonchev–Trinajstić information content (AvgIpc) is 3.13. The second-order valence-corrected chi connectivity index (χ2v) is 6.60. The normalized spacial score (nSPS) is 16.5. The SMILES string of the molecule is O=c1oc2ccccc2n1CCN1CCCn2nc([C@H](O)CO)cc2C1. The minimum Gasteiger partial charge on any atom is -0.408 e. The number of nitrogens with zero attached hydrogens (tertiary/aromatic N) is 4. The fourth-order valence-corrected chi connectivity index (χ4v) is 3.47. The molecule has 2 aromatic heterocycles. The fourth-order valence-electron chi connectivity index (χ4n) is 3.47. The van der Waals surface area contributed by atoms with Gasteiger partial charge >= 0.3 is 5.76 Å². The summed E-state index contributed by atoms with van der Waals surface area (Å²) in [6.07, 6.45) is -0.0107. The van der Waals surface area contributed by atoms with E-state index in [1.54, 1.807) is 10.6 Å². The van der Waals surface area contributed by atoms with Gasteiger partial charge in [-0.05, 0) is 24.6 Å². The number of aliphatic hydroxyl groups is 2.